The number of halogens is 1. The fourth-order valence-electron chi connectivity index (χ4n) is 4.84. The summed E-state index contributed by atoms with van der Waals surface area (Å²) >= 11 is 0. The summed E-state index contributed by atoms with van der Waals surface area (Å²) in [5.74, 6) is 1.65. The second-order valence-electron chi connectivity index (χ2n) is 8.81. The van der Waals surface area contributed by atoms with E-state index in [0.717, 1.165) is 28.1 Å². The predicted octanol–water partition coefficient (Wildman–Crippen LogP) is 5.43. The first-order valence-electron chi connectivity index (χ1n) is 11.9. The van der Waals surface area contributed by atoms with E-state index >= 15 is 0 Å². The van der Waals surface area contributed by atoms with Gasteiger partial charge in [0.1, 0.15) is 12.1 Å². The van der Waals surface area contributed by atoms with Crippen LogP contribution in [0.2, 0.25) is 0 Å². The lowest BCUT2D eigenvalue weighted by molar-refractivity contribution is 0.355. The molecule has 1 aliphatic rings. The van der Waals surface area contributed by atoms with Crippen LogP contribution < -0.4 is 14.8 Å². The maximum absolute atomic E-state index is 13.6. The first-order valence-corrected chi connectivity index (χ1v) is 11.9. The third-order valence-electron chi connectivity index (χ3n) is 6.68. The molecule has 9 heteroatoms. The number of aromatic nitrogens is 5. The molecule has 0 fully saturated rings. The molecule has 1 N–H and O–H groups in total. The molecule has 5 aromatic rings. The molecule has 6 rings (SSSR count). The topological polar surface area (TPSA) is 79.0 Å². The van der Waals surface area contributed by atoms with Crippen LogP contribution in [-0.4, -0.2) is 38.8 Å². The van der Waals surface area contributed by atoms with E-state index in [9.17, 15) is 4.39 Å². The van der Waals surface area contributed by atoms with Crippen molar-refractivity contribution in [1.82, 2.24) is 24.5 Å². The highest BCUT2D eigenvalue weighted by atomic mass is 19.1. The molecule has 0 radical (unpaired) electrons. The Bertz CT molecular complexity index is 1530. The molecule has 186 valence electrons. The number of para-hydroxylation sites is 1. The Balaban J connectivity index is 1.50. The Kier molecular flexibility index (Phi) is 5.80. The lowest BCUT2D eigenvalue weighted by Crippen LogP contribution is -2.28. The van der Waals surface area contributed by atoms with E-state index in [1.54, 1.807) is 32.7 Å². The molecule has 3 heterocycles. The van der Waals surface area contributed by atoms with Gasteiger partial charge in [0.25, 0.3) is 0 Å². The van der Waals surface area contributed by atoms with Crippen molar-refractivity contribution in [2.24, 2.45) is 0 Å². The van der Waals surface area contributed by atoms with Crippen LogP contribution in [0.4, 0.5) is 10.3 Å². The number of rotatable bonds is 6. The van der Waals surface area contributed by atoms with Gasteiger partial charge in [-0.25, -0.2) is 13.8 Å². The molecular formula is C28H25FN6O2. The molecule has 0 saturated carbocycles. The van der Waals surface area contributed by atoms with Gasteiger partial charge in [0, 0.05) is 17.3 Å². The van der Waals surface area contributed by atoms with Crippen molar-refractivity contribution in [3.63, 3.8) is 0 Å². The molecule has 0 aliphatic carbocycles. The van der Waals surface area contributed by atoms with Gasteiger partial charge in [-0.2, -0.15) is 15.2 Å². The smallest absolute Gasteiger partial charge is 0.222 e. The van der Waals surface area contributed by atoms with E-state index in [1.165, 1.54) is 12.1 Å². The van der Waals surface area contributed by atoms with Gasteiger partial charge in [0.2, 0.25) is 5.95 Å². The fraction of sp³-hybridized carbons (Fsp3) is 0.179. The van der Waals surface area contributed by atoms with E-state index < -0.39 is 0 Å². The van der Waals surface area contributed by atoms with Crippen molar-refractivity contribution < 1.29 is 13.9 Å². The average Bonchev–Trinajstić information content (AvgIpc) is 3.61. The van der Waals surface area contributed by atoms with E-state index in [-0.39, 0.29) is 17.9 Å². The van der Waals surface area contributed by atoms with Crippen molar-refractivity contribution in [2.75, 3.05) is 19.5 Å². The molecule has 2 aromatic heterocycles. The van der Waals surface area contributed by atoms with Crippen LogP contribution >= 0.6 is 0 Å². The van der Waals surface area contributed by atoms with Gasteiger partial charge in [-0.1, -0.05) is 30.3 Å². The molecule has 0 saturated heterocycles. The van der Waals surface area contributed by atoms with Crippen molar-refractivity contribution in [3.05, 3.63) is 102 Å². The fourth-order valence-corrected chi connectivity index (χ4v) is 4.84. The third-order valence-corrected chi connectivity index (χ3v) is 6.68. The molecule has 3 aromatic carbocycles. The Morgan fingerprint density at radius 1 is 0.946 bits per heavy atom. The maximum Gasteiger partial charge on any atom is 0.222 e. The lowest BCUT2D eigenvalue weighted by atomic mass is 9.92. The third kappa shape index (κ3) is 4.18. The number of ether oxygens (including phenoxy) is 2. The van der Waals surface area contributed by atoms with Gasteiger partial charge >= 0.3 is 0 Å². The van der Waals surface area contributed by atoms with Crippen molar-refractivity contribution >= 4 is 5.95 Å². The molecule has 0 unspecified atom stereocenters. The Morgan fingerprint density at radius 3 is 2.49 bits per heavy atom. The zero-order chi connectivity index (χ0) is 25.4. The van der Waals surface area contributed by atoms with Gasteiger partial charge in [-0.15, -0.1) is 0 Å². The summed E-state index contributed by atoms with van der Waals surface area (Å²) in [6.45, 7) is 0. The summed E-state index contributed by atoms with van der Waals surface area (Å²) in [7, 11) is 3.23. The van der Waals surface area contributed by atoms with Crippen LogP contribution in [-0.2, 0) is 0 Å². The molecule has 8 nitrogen and oxygen atoms in total. The van der Waals surface area contributed by atoms with E-state index in [1.807, 2.05) is 64.1 Å². The van der Waals surface area contributed by atoms with Crippen LogP contribution in [0.15, 0.2) is 85.3 Å². The number of benzene rings is 3. The minimum absolute atomic E-state index is 0.0828. The highest BCUT2D eigenvalue weighted by molar-refractivity contribution is 5.68. The molecule has 37 heavy (non-hydrogen) atoms. The minimum Gasteiger partial charge on any atom is -0.493 e. The van der Waals surface area contributed by atoms with E-state index in [0.29, 0.717) is 23.9 Å². The second-order valence-corrected chi connectivity index (χ2v) is 8.81. The van der Waals surface area contributed by atoms with Crippen LogP contribution in [0.3, 0.4) is 0 Å². The number of nitrogens with one attached hydrogen (secondary N) is 1. The molecule has 0 amide bonds. The van der Waals surface area contributed by atoms with E-state index in [2.05, 4.69) is 15.4 Å². The molecule has 0 spiro atoms. The normalized spacial score (nSPS) is 16.6. The summed E-state index contributed by atoms with van der Waals surface area (Å²) in [5.41, 5.74) is 4.59. The number of nitrogens with zero attached hydrogens (tertiary/aromatic N) is 5. The van der Waals surface area contributed by atoms with Gasteiger partial charge in [-0.3, -0.25) is 0 Å². The first kappa shape index (κ1) is 22.8. The summed E-state index contributed by atoms with van der Waals surface area (Å²) in [6, 6.07) is 22.1. The van der Waals surface area contributed by atoms with Crippen molar-refractivity contribution in [1.29, 1.82) is 0 Å². The predicted molar refractivity (Wildman–Crippen MR) is 138 cm³/mol. The van der Waals surface area contributed by atoms with Crippen molar-refractivity contribution in [2.45, 2.75) is 18.5 Å². The molecule has 0 bridgehead atoms. The van der Waals surface area contributed by atoms with Crippen LogP contribution in [0, 0.1) is 5.82 Å². The second kappa shape index (κ2) is 9.42. The van der Waals surface area contributed by atoms with Crippen molar-refractivity contribution in [3.8, 4) is 28.4 Å². The average molecular weight is 497 g/mol. The Morgan fingerprint density at radius 2 is 1.73 bits per heavy atom. The first-order chi connectivity index (χ1) is 18.1. The zero-order valence-corrected chi connectivity index (χ0v) is 20.4. The maximum atomic E-state index is 13.6. The standard InChI is InChI=1S/C28H25FN6O2/c1-36-25-13-10-19(14-26(25)37-2)27-22(16-34(33-27)21-6-4-3-5-7-21)24-15-23(18-8-11-20(29)12-9-18)32-28-30-17-31-35(24)28/h3-14,16-17,23-24H,15H2,1-2H3,(H,30,31,32)/t23-,24+/m0/s1. The summed E-state index contributed by atoms with van der Waals surface area (Å²) in [4.78, 5) is 4.45. The minimum atomic E-state index is -0.265. The van der Waals surface area contributed by atoms with Gasteiger partial charge in [-0.05, 0) is 54.4 Å². The number of anilines is 1. The largest absolute Gasteiger partial charge is 0.493 e. The summed E-state index contributed by atoms with van der Waals surface area (Å²) < 4.78 is 28.4. The van der Waals surface area contributed by atoms with Gasteiger partial charge in [0.05, 0.1) is 37.7 Å². The molecule has 1 aliphatic heterocycles. The number of hydrogen-bond donors (Lipinski definition) is 1. The monoisotopic (exact) mass is 496 g/mol. The van der Waals surface area contributed by atoms with Gasteiger partial charge < -0.3 is 14.8 Å². The zero-order valence-electron chi connectivity index (χ0n) is 20.4. The van der Waals surface area contributed by atoms with Crippen LogP contribution in [0.25, 0.3) is 16.9 Å². The summed E-state index contributed by atoms with van der Waals surface area (Å²) in [5, 5.41) is 13.0. The summed E-state index contributed by atoms with van der Waals surface area (Å²) in [6.07, 6.45) is 4.26. The Labute approximate surface area is 213 Å². The SMILES string of the molecule is COc1ccc(-c2nn(-c3ccccc3)cc2[C@H]2C[C@@H](c3ccc(F)cc3)Nc3ncnn32)cc1OC. The van der Waals surface area contributed by atoms with Crippen LogP contribution in [0.5, 0.6) is 11.5 Å². The number of fused-ring (bicyclic) bond motifs is 1. The number of hydrogen-bond acceptors (Lipinski definition) is 6. The highest BCUT2D eigenvalue weighted by Crippen LogP contribution is 2.42. The Hall–Kier alpha value is -4.66. The lowest BCUT2D eigenvalue weighted by Gasteiger charge is -2.31. The molecule has 2 atom stereocenters. The molecular weight excluding hydrogens is 471 g/mol. The number of methoxy groups -OCH3 is 2. The van der Waals surface area contributed by atoms with Crippen LogP contribution in [0.1, 0.15) is 29.6 Å². The highest BCUT2D eigenvalue weighted by Gasteiger charge is 2.33. The van der Waals surface area contributed by atoms with Gasteiger partial charge in [0.15, 0.2) is 11.5 Å². The quantitative estimate of drug-likeness (QED) is 0.338. The van der Waals surface area contributed by atoms with E-state index in [4.69, 9.17) is 14.6 Å².